The van der Waals surface area contributed by atoms with Gasteiger partial charge in [-0.25, -0.2) is 4.98 Å². The molecule has 0 fully saturated rings. The standard InChI is InChI=1S/C13H11N3O/c1-17-13-11(3-2-7-16-13)5-4-10-6-8-15-9-12(10)14/h2-3,6-9H,14H2,1H3. The van der Waals surface area contributed by atoms with Crippen molar-refractivity contribution in [2.75, 3.05) is 12.8 Å². The summed E-state index contributed by atoms with van der Waals surface area (Å²) in [4.78, 5) is 7.97. The molecule has 0 saturated heterocycles. The van der Waals surface area contributed by atoms with E-state index in [1.54, 1.807) is 31.8 Å². The molecule has 0 aromatic carbocycles. The Morgan fingerprint density at radius 3 is 2.76 bits per heavy atom. The van der Waals surface area contributed by atoms with Crippen molar-refractivity contribution in [2.24, 2.45) is 0 Å². The molecule has 4 heteroatoms. The Hall–Kier alpha value is -2.54. The number of methoxy groups -OCH3 is 1. The van der Waals surface area contributed by atoms with Crippen LogP contribution in [-0.4, -0.2) is 17.1 Å². The number of ether oxygens (including phenoxy) is 1. The first-order chi connectivity index (χ1) is 8.31. The van der Waals surface area contributed by atoms with Gasteiger partial charge in [0.1, 0.15) is 0 Å². The van der Waals surface area contributed by atoms with Gasteiger partial charge in [0.25, 0.3) is 0 Å². The maximum absolute atomic E-state index is 5.74. The van der Waals surface area contributed by atoms with Crippen LogP contribution < -0.4 is 10.5 Å². The third-order valence-corrected chi connectivity index (χ3v) is 2.15. The zero-order valence-corrected chi connectivity index (χ0v) is 9.34. The van der Waals surface area contributed by atoms with E-state index in [2.05, 4.69) is 21.8 Å². The van der Waals surface area contributed by atoms with E-state index in [-0.39, 0.29) is 0 Å². The van der Waals surface area contributed by atoms with Gasteiger partial charge >= 0.3 is 0 Å². The molecule has 0 amide bonds. The third-order valence-electron chi connectivity index (χ3n) is 2.15. The van der Waals surface area contributed by atoms with E-state index in [9.17, 15) is 0 Å². The van der Waals surface area contributed by atoms with Gasteiger partial charge in [0.2, 0.25) is 5.88 Å². The lowest BCUT2D eigenvalue weighted by atomic mass is 10.2. The first-order valence-corrected chi connectivity index (χ1v) is 5.02. The molecule has 0 aliphatic heterocycles. The number of aromatic nitrogens is 2. The van der Waals surface area contributed by atoms with Crippen LogP contribution in [0.15, 0.2) is 36.8 Å². The van der Waals surface area contributed by atoms with Gasteiger partial charge in [-0.05, 0) is 18.2 Å². The van der Waals surface area contributed by atoms with E-state index in [0.717, 1.165) is 11.1 Å². The van der Waals surface area contributed by atoms with Gasteiger partial charge in [0.05, 0.1) is 30.1 Å². The summed E-state index contributed by atoms with van der Waals surface area (Å²) in [5, 5.41) is 0. The van der Waals surface area contributed by atoms with Crippen molar-refractivity contribution in [2.45, 2.75) is 0 Å². The Balaban J connectivity index is 2.37. The second-order valence-corrected chi connectivity index (χ2v) is 3.27. The average Bonchev–Trinajstić information content (AvgIpc) is 2.38. The number of anilines is 1. The second-order valence-electron chi connectivity index (χ2n) is 3.27. The number of hydrogen-bond acceptors (Lipinski definition) is 4. The van der Waals surface area contributed by atoms with Crippen LogP contribution in [0.4, 0.5) is 5.69 Å². The molecule has 2 aromatic heterocycles. The predicted molar refractivity (Wildman–Crippen MR) is 65.4 cm³/mol. The van der Waals surface area contributed by atoms with Crippen LogP contribution in [0.1, 0.15) is 11.1 Å². The lowest BCUT2D eigenvalue weighted by molar-refractivity contribution is 0.396. The van der Waals surface area contributed by atoms with Gasteiger partial charge in [-0.3, -0.25) is 4.98 Å². The molecule has 4 nitrogen and oxygen atoms in total. The second kappa shape index (κ2) is 4.99. The Morgan fingerprint density at radius 2 is 2.00 bits per heavy atom. The topological polar surface area (TPSA) is 61.0 Å². The molecule has 0 aliphatic rings. The molecule has 0 aliphatic carbocycles. The van der Waals surface area contributed by atoms with Gasteiger partial charge in [-0.1, -0.05) is 11.8 Å². The minimum absolute atomic E-state index is 0.507. The van der Waals surface area contributed by atoms with Gasteiger partial charge in [-0.15, -0.1) is 0 Å². The van der Waals surface area contributed by atoms with Crippen molar-refractivity contribution in [1.29, 1.82) is 0 Å². The highest BCUT2D eigenvalue weighted by Gasteiger charge is 1.99. The minimum Gasteiger partial charge on any atom is -0.480 e. The van der Waals surface area contributed by atoms with E-state index in [1.165, 1.54) is 0 Å². The summed E-state index contributed by atoms with van der Waals surface area (Å²) in [6.45, 7) is 0. The maximum Gasteiger partial charge on any atom is 0.229 e. The fourth-order valence-electron chi connectivity index (χ4n) is 1.30. The number of nitrogen functional groups attached to an aromatic ring is 1. The molecular formula is C13H11N3O. The molecule has 0 atom stereocenters. The van der Waals surface area contributed by atoms with E-state index >= 15 is 0 Å². The summed E-state index contributed by atoms with van der Waals surface area (Å²) < 4.78 is 5.11. The van der Waals surface area contributed by atoms with Crippen LogP contribution in [0.3, 0.4) is 0 Å². The highest BCUT2D eigenvalue weighted by Crippen LogP contribution is 2.12. The largest absolute Gasteiger partial charge is 0.480 e. The molecule has 2 aromatic rings. The average molecular weight is 225 g/mol. The van der Waals surface area contributed by atoms with Crippen LogP contribution in [-0.2, 0) is 0 Å². The monoisotopic (exact) mass is 225 g/mol. The van der Waals surface area contributed by atoms with Crippen molar-refractivity contribution in [3.63, 3.8) is 0 Å². The van der Waals surface area contributed by atoms with E-state index in [4.69, 9.17) is 10.5 Å². The van der Waals surface area contributed by atoms with Crippen LogP contribution in [0.2, 0.25) is 0 Å². The Bertz CT molecular complexity index is 584. The molecule has 0 unspecified atom stereocenters. The first kappa shape index (κ1) is 11.0. The lowest BCUT2D eigenvalue weighted by Crippen LogP contribution is -1.92. The zero-order valence-electron chi connectivity index (χ0n) is 9.34. The van der Waals surface area contributed by atoms with Crippen molar-refractivity contribution < 1.29 is 4.74 Å². The molecule has 2 N–H and O–H groups in total. The van der Waals surface area contributed by atoms with Gasteiger partial charge < -0.3 is 10.5 Å². The van der Waals surface area contributed by atoms with Gasteiger partial charge in [0.15, 0.2) is 0 Å². The Kier molecular flexibility index (Phi) is 3.22. The van der Waals surface area contributed by atoms with E-state index in [1.807, 2.05) is 12.1 Å². The summed E-state index contributed by atoms with van der Waals surface area (Å²) >= 11 is 0. The SMILES string of the molecule is COc1ncccc1C#Cc1ccncc1N. The van der Waals surface area contributed by atoms with Crippen LogP contribution in [0, 0.1) is 11.8 Å². The summed E-state index contributed by atoms with van der Waals surface area (Å²) in [5.74, 6) is 6.45. The summed E-state index contributed by atoms with van der Waals surface area (Å²) in [5.41, 5.74) is 7.77. The normalized spacial score (nSPS) is 9.24. The van der Waals surface area contributed by atoms with E-state index < -0.39 is 0 Å². The maximum atomic E-state index is 5.74. The summed E-state index contributed by atoms with van der Waals surface area (Å²) in [6.07, 6.45) is 4.89. The Labute approximate surface area is 99.5 Å². The first-order valence-electron chi connectivity index (χ1n) is 5.02. The predicted octanol–water partition coefficient (Wildman–Crippen LogP) is 1.47. The molecule has 0 radical (unpaired) electrons. The highest BCUT2D eigenvalue weighted by molar-refractivity contribution is 5.56. The highest BCUT2D eigenvalue weighted by atomic mass is 16.5. The van der Waals surface area contributed by atoms with Gasteiger partial charge in [0, 0.05) is 12.4 Å². The fourth-order valence-corrected chi connectivity index (χ4v) is 1.30. The quantitative estimate of drug-likeness (QED) is 0.746. The van der Waals surface area contributed by atoms with E-state index in [0.29, 0.717) is 11.6 Å². The van der Waals surface area contributed by atoms with Crippen molar-refractivity contribution in [3.05, 3.63) is 47.9 Å². The molecule has 0 spiro atoms. The van der Waals surface area contributed by atoms with Crippen LogP contribution in [0.25, 0.3) is 0 Å². The van der Waals surface area contributed by atoms with Gasteiger partial charge in [-0.2, -0.15) is 0 Å². The summed E-state index contributed by atoms with van der Waals surface area (Å²) in [6, 6.07) is 5.42. The minimum atomic E-state index is 0.507. The zero-order chi connectivity index (χ0) is 12.1. The van der Waals surface area contributed by atoms with Crippen molar-refractivity contribution in [1.82, 2.24) is 9.97 Å². The third kappa shape index (κ3) is 2.52. The summed E-state index contributed by atoms with van der Waals surface area (Å²) in [7, 11) is 1.56. The number of rotatable bonds is 1. The molecule has 0 saturated carbocycles. The molecular weight excluding hydrogens is 214 g/mol. The fraction of sp³-hybridized carbons (Fsp3) is 0.0769. The molecule has 2 rings (SSSR count). The van der Waals surface area contributed by atoms with Crippen molar-refractivity contribution in [3.8, 4) is 17.7 Å². The van der Waals surface area contributed by atoms with Crippen molar-refractivity contribution >= 4 is 5.69 Å². The van der Waals surface area contributed by atoms with Crippen LogP contribution in [0.5, 0.6) is 5.88 Å². The molecule has 17 heavy (non-hydrogen) atoms. The number of nitrogens with two attached hydrogens (primary N) is 1. The number of nitrogens with zero attached hydrogens (tertiary/aromatic N) is 2. The van der Waals surface area contributed by atoms with Crippen LogP contribution >= 0.6 is 0 Å². The number of pyridine rings is 2. The lowest BCUT2D eigenvalue weighted by Gasteiger charge is -1.99. The molecule has 0 bridgehead atoms. The smallest absolute Gasteiger partial charge is 0.229 e. The Morgan fingerprint density at radius 1 is 1.18 bits per heavy atom. The molecule has 84 valence electrons. The molecule has 2 heterocycles. The number of hydrogen-bond donors (Lipinski definition) is 1.